The average molecular weight is 440 g/mol. The van der Waals surface area contributed by atoms with E-state index < -0.39 is 10.0 Å². The molecule has 2 aromatic carbocycles. The fourth-order valence-electron chi connectivity index (χ4n) is 2.56. The van der Waals surface area contributed by atoms with Crippen LogP contribution in [0.1, 0.15) is 27.9 Å². The van der Waals surface area contributed by atoms with Crippen LogP contribution in [0, 0.1) is 6.92 Å². The minimum absolute atomic E-state index is 0.0953. The first-order valence-electron chi connectivity index (χ1n) is 7.59. The molecule has 3 nitrogen and oxygen atoms in total. The first-order chi connectivity index (χ1) is 11.1. The van der Waals surface area contributed by atoms with Gasteiger partial charge in [0.15, 0.2) is 0 Å². The van der Waals surface area contributed by atoms with Crippen LogP contribution in [0.15, 0.2) is 63.9 Å². The van der Waals surface area contributed by atoms with Crippen LogP contribution in [0.3, 0.4) is 0 Å². The molecule has 3 rings (SSSR count). The zero-order valence-electron chi connectivity index (χ0n) is 12.9. The fraction of sp³-hybridized carbons (Fsp3) is 0.278. The van der Waals surface area contributed by atoms with Crippen LogP contribution in [0.5, 0.6) is 0 Å². The van der Waals surface area contributed by atoms with Crippen molar-refractivity contribution in [3.8, 4) is 0 Å². The van der Waals surface area contributed by atoms with Gasteiger partial charge < -0.3 is 0 Å². The Morgan fingerprint density at radius 1 is 1.04 bits per heavy atom. The van der Waals surface area contributed by atoms with Gasteiger partial charge in [-0.3, -0.25) is 0 Å². The number of alkyl halides is 2. The first kappa shape index (κ1) is 16.6. The molecule has 1 unspecified atom stereocenters. The average Bonchev–Trinajstić information content (AvgIpc) is 2.56. The molecule has 0 radical (unpaired) electrons. The zero-order chi connectivity index (χ0) is 16.3. The molecule has 1 aliphatic rings. The molecular weight excluding hydrogens is 421 g/mol. The van der Waals surface area contributed by atoms with E-state index in [-0.39, 0.29) is 30.0 Å². The Balaban J connectivity index is 1.96. The maximum absolute atomic E-state index is 12.6. The second-order valence-corrected chi connectivity index (χ2v) is 10.4. The summed E-state index contributed by atoms with van der Waals surface area (Å²) < 4.78 is 30.9. The molecule has 23 heavy (non-hydrogen) atoms. The van der Waals surface area contributed by atoms with Gasteiger partial charge in [0.2, 0.25) is 0 Å². The molecule has 0 bridgehead atoms. The van der Waals surface area contributed by atoms with Crippen molar-refractivity contribution in [2.75, 3.05) is 4.43 Å². The molecule has 1 fully saturated rings. The van der Waals surface area contributed by atoms with Gasteiger partial charge >= 0.3 is 148 Å². The Bertz CT molecular complexity index is 799. The molecule has 0 amide bonds. The van der Waals surface area contributed by atoms with E-state index in [1.54, 1.807) is 12.1 Å². The number of benzene rings is 2. The van der Waals surface area contributed by atoms with Crippen molar-refractivity contribution < 1.29 is 29.6 Å². The maximum atomic E-state index is 12.6. The number of sulfonamides is 1. The van der Waals surface area contributed by atoms with Gasteiger partial charge in [0.1, 0.15) is 0 Å². The zero-order valence-corrected chi connectivity index (χ0v) is 15.9. The minimum atomic E-state index is -3.61. The van der Waals surface area contributed by atoms with Gasteiger partial charge in [-0.25, -0.2) is 0 Å². The summed E-state index contributed by atoms with van der Waals surface area (Å²) >= 11 is -0.0953. The molecule has 1 heterocycles. The van der Waals surface area contributed by atoms with Crippen molar-refractivity contribution in [3.05, 3.63) is 65.7 Å². The number of hydrogen-bond donors (Lipinski definition) is 0. The molecule has 0 N–H and O–H groups in total. The Morgan fingerprint density at radius 2 is 1.74 bits per heavy atom. The van der Waals surface area contributed by atoms with Crippen LogP contribution in [0.25, 0.3) is 0 Å². The molecule has 0 aliphatic carbocycles. The third kappa shape index (κ3) is 4.01. The summed E-state index contributed by atoms with van der Waals surface area (Å²) in [7, 11) is -3.61. The molecule has 2 aromatic rings. The van der Waals surface area contributed by atoms with Gasteiger partial charge in [-0.1, -0.05) is 0 Å². The van der Waals surface area contributed by atoms with Gasteiger partial charge in [-0.05, 0) is 0 Å². The van der Waals surface area contributed by atoms with E-state index in [1.807, 2.05) is 37.3 Å². The predicted octanol–water partition coefficient (Wildman–Crippen LogP) is 0.749. The SMILES string of the molecule is Cc1ccc(S(=O)(=O)N=C2CCC[I-]C2c2ccccc2)cc1. The molecule has 0 aromatic heterocycles. The molecule has 1 saturated heterocycles. The summed E-state index contributed by atoms with van der Waals surface area (Å²) in [5, 5.41) is 0. The Labute approximate surface area is 148 Å². The molecular formula is C18H19INO2S-. The van der Waals surface area contributed by atoms with Crippen LogP contribution >= 0.6 is 0 Å². The number of rotatable bonds is 3. The summed E-state index contributed by atoms with van der Waals surface area (Å²) in [4.78, 5) is 0.284. The van der Waals surface area contributed by atoms with E-state index in [1.165, 1.54) is 9.99 Å². The number of hydrogen-bond acceptors (Lipinski definition) is 2. The van der Waals surface area contributed by atoms with E-state index in [2.05, 4.69) is 16.5 Å². The van der Waals surface area contributed by atoms with E-state index in [0.717, 1.165) is 24.1 Å². The van der Waals surface area contributed by atoms with Crippen molar-refractivity contribution in [2.45, 2.75) is 28.6 Å². The summed E-state index contributed by atoms with van der Waals surface area (Å²) in [6, 6.07) is 17.1. The molecule has 1 aliphatic heterocycles. The first-order valence-corrected chi connectivity index (χ1v) is 11.8. The van der Waals surface area contributed by atoms with Crippen molar-refractivity contribution in [1.82, 2.24) is 0 Å². The Morgan fingerprint density at radius 3 is 2.43 bits per heavy atom. The third-order valence-corrected chi connectivity index (χ3v) is 8.82. The van der Waals surface area contributed by atoms with Gasteiger partial charge in [-0.15, -0.1) is 0 Å². The van der Waals surface area contributed by atoms with Crippen molar-refractivity contribution >= 4 is 15.7 Å². The number of aryl methyl sites for hydroxylation is 1. The van der Waals surface area contributed by atoms with E-state index in [4.69, 9.17) is 0 Å². The predicted molar refractivity (Wildman–Crippen MR) is 89.1 cm³/mol. The standard InChI is InChI=1S/C18H19INO2S/c1-14-9-11-16(12-10-14)23(21,22)20-17-8-5-13-19-18(17)15-6-3-2-4-7-15/h2-4,6-7,9-12,18H,5,8,13H2,1H3/q-1. The van der Waals surface area contributed by atoms with Gasteiger partial charge in [0, 0.05) is 0 Å². The summed E-state index contributed by atoms with van der Waals surface area (Å²) in [6.07, 6.45) is 1.84. The second-order valence-electron chi connectivity index (χ2n) is 5.59. The van der Waals surface area contributed by atoms with E-state index in [9.17, 15) is 8.42 Å². The fourth-order valence-corrected chi connectivity index (χ4v) is 7.17. The summed E-state index contributed by atoms with van der Waals surface area (Å²) in [5.74, 6) is 0. The van der Waals surface area contributed by atoms with Gasteiger partial charge in [0.05, 0.1) is 0 Å². The van der Waals surface area contributed by atoms with Crippen molar-refractivity contribution in [2.24, 2.45) is 4.40 Å². The molecule has 1 atom stereocenters. The van der Waals surface area contributed by atoms with Crippen molar-refractivity contribution in [1.29, 1.82) is 0 Å². The topological polar surface area (TPSA) is 46.5 Å². The number of halogens is 1. The third-order valence-electron chi connectivity index (χ3n) is 3.77. The van der Waals surface area contributed by atoms with Crippen LogP contribution in [-0.2, 0) is 10.0 Å². The molecule has 0 spiro atoms. The Kier molecular flexibility index (Phi) is 5.16. The van der Waals surface area contributed by atoms with Crippen molar-refractivity contribution in [3.63, 3.8) is 0 Å². The molecule has 0 saturated carbocycles. The van der Waals surface area contributed by atoms with E-state index in [0.29, 0.717) is 0 Å². The van der Waals surface area contributed by atoms with Crippen LogP contribution < -0.4 is 21.2 Å². The monoisotopic (exact) mass is 440 g/mol. The molecule has 122 valence electrons. The van der Waals surface area contributed by atoms with Crippen LogP contribution in [0.4, 0.5) is 0 Å². The van der Waals surface area contributed by atoms with Gasteiger partial charge in [-0.2, -0.15) is 0 Å². The quantitative estimate of drug-likeness (QED) is 0.523. The normalized spacial score (nSPS) is 20.9. The number of nitrogens with zero attached hydrogens (tertiary/aromatic N) is 1. The van der Waals surface area contributed by atoms with Crippen LogP contribution in [-0.4, -0.2) is 18.6 Å². The molecule has 5 heteroatoms. The van der Waals surface area contributed by atoms with Crippen LogP contribution in [0.2, 0.25) is 0 Å². The Hall–Kier alpha value is -1.21. The van der Waals surface area contributed by atoms with E-state index >= 15 is 0 Å². The van der Waals surface area contributed by atoms with Gasteiger partial charge in [0.25, 0.3) is 0 Å². The summed E-state index contributed by atoms with van der Waals surface area (Å²) in [5.41, 5.74) is 3.09. The second kappa shape index (κ2) is 7.13. The summed E-state index contributed by atoms with van der Waals surface area (Å²) in [6.45, 7) is 1.94.